The molecule has 0 aliphatic rings. The van der Waals surface area contributed by atoms with E-state index in [-0.39, 0.29) is 11.8 Å². The van der Waals surface area contributed by atoms with Crippen molar-refractivity contribution >= 4 is 16.8 Å². The van der Waals surface area contributed by atoms with Crippen LogP contribution in [0.15, 0.2) is 36.4 Å². The van der Waals surface area contributed by atoms with Crippen molar-refractivity contribution in [2.45, 2.75) is 19.3 Å². The number of nitrogens with two attached hydrogens (primary N) is 1. The van der Waals surface area contributed by atoms with E-state index in [1.54, 1.807) is 0 Å². The van der Waals surface area contributed by atoms with Crippen LogP contribution >= 0.6 is 0 Å². The van der Waals surface area contributed by atoms with Gasteiger partial charge in [-0.2, -0.15) is 0 Å². The lowest BCUT2D eigenvalue weighted by Gasteiger charge is -2.09. The average molecular weight is 214 g/mol. The Morgan fingerprint density at radius 2 is 2.06 bits per heavy atom. The highest BCUT2D eigenvalue weighted by atomic mass is 16.1. The van der Waals surface area contributed by atoms with Gasteiger partial charge in [0.05, 0.1) is 5.52 Å². The maximum absolute atomic E-state index is 10.8. The molecule has 0 bridgehead atoms. The number of carbonyl (C=O) groups excluding carboxylic acids is 1. The number of amides is 1. The van der Waals surface area contributed by atoms with Gasteiger partial charge in [-0.15, -0.1) is 0 Å². The maximum atomic E-state index is 10.8. The zero-order valence-corrected chi connectivity index (χ0v) is 9.18. The number of hydrogen-bond donors (Lipinski definition) is 1. The summed E-state index contributed by atoms with van der Waals surface area (Å²) >= 11 is 0. The first-order chi connectivity index (χ1) is 7.66. The van der Waals surface area contributed by atoms with E-state index < -0.39 is 0 Å². The Labute approximate surface area is 94.3 Å². The normalized spacial score (nSPS) is 12.6. The third-order valence-electron chi connectivity index (χ3n) is 2.63. The van der Waals surface area contributed by atoms with Crippen LogP contribution in [0.1, 0.15) is 25.0 Å². The average Bonchev–Trinajstić information content (AvgIpc) is 2.27. The van der Waals surface area contributed by atoms with Gasteiger partial charge in [-0.3, -0.25) is 9.78 Å². The predicted octanol–water partition coefficient (Wildman–Crippen LogP) is 2.21. The van der Waals surface area contributed by atoms with E-state index in [4.69, 9.17) is 5.73 Å². The van der Waals surface area contributed by atoms with Crippen molar-refractivity contribution in [1.82, 2.24) is 4.98 Å². The SMILES string of the molecule is CC(CC(N)=O)c1ccc2ccccc2n1. The Bertz CT molecular complexity index is 522. The van der Waals surface area contributed by atoms with Crippen LogP contribution < -0.4 is 5.73 Å². The Kier molecular flexibility index (Phi) is 2.86. The molecule has 0 fully saturated rings. The summed E-state index contributed by atoms with van der Waals surface area (Å²) in [6.07, 6.45) is 0.339. The number of carbonyl (C=O) groups is 1. The molecule has 2 rings (SSSR count). The Morgan fingerprint density at radius 1 is 1.31 bits per heavy atom. The van der Waals surface area contributed by atoms with Gasteiger partial charge in [0.25, 0.3) is 0 Å². The Balaban J connectivity index is 2.35. The standard InChI is InChI=1S/C13H14N2O/c1-9(8-13(14)16)11-7-6-10-4-2-3-5-12(10)15-11/h2-7,9H,8H2,1H3,(H2,14,16). The highest BCUT2D eigenvalue weighted by Crippen LogP contribution is 2.20. The van der Waals surface area contributed by atoms with E-state index in [2.05, 4.69) is 4.98 Å². The molecule has 0 aliphatic carbocycles. The highest BCUT2D eigenvalue weighted by molar-refractivity contribution is 5.79. The third kappa shape index (κ3) is 2.19. The molecule has 1 atom stereocenters. The molecule has 0 radical (unpaired) electrons. The molecule has 1 aromatic heterocycles. The number of para-hydroxylation sites is 1. The molecule has 0 saturated carbocycles. The van der Waals surface area contributed by atoms with Crippen LogP contribution in [-0.4, -0.2) is 10.9 Å². The van der Waals surface area contributed by atoms with E-state index in [9.17, 15) is 4.79 Å². The molecular formula is C13H14N2O. The van der Waals surface area contributed by atoms with Crippen LogP contribution in [0.5, 0.6) is 0 Å². The molecule has 3 heteroatoms. The molecule has 82 valence electrons. The zero-order valence-electron chi connectivity index (χ0n) is 9.18. The predicted molar refractivity (Wildman–Crippen MR) is 64.0 cm³/mol. The van der Waals surface area contributed by atoms with Crippen LogP contribution in [0, 0.1) is 0 Å². The van der Waals surface area contributed by atoms with Gasteiger partial charge < -0.3 is 5.73 Å². The molecule has 0 spiro atoms. The number of aromatic nitrogens is 1. The highest BCUT2D eigenvalue weighted by Gasteiger charge is 2.10. The van der Waals surface area contributed by atoms with Crippen molar-refractivity contribution in [3.63, 3.8) is 0 Å². The molecule has 2 N–H and O–H groups in total. The maximum Gasteiger partial charge on any atom is 0.218 e. The second-order valence-corrected chi connectivity index (χ2v) is 4.00. The molecule has 0 saturated heterocycles. The molecule has 1 heterocycles. The fourth-order valence-electron chi connectivity index (χ4n) is 1.76. The molecular weight excluding hydrogens is 200 g/mol. The quantitative estimate of drug-likeness (QED) is 0.851. The summed E-state index contributed by atoms with van der Waals surface area (Å²) < 4.78 is 0. The molecule has 2 aromatic rings. The number of rotatable bonds is 3. The van der Waals surface area contributed by atoms with Crippen LogP contribution in [0.3, 0.4) is 0 Å². The summed E-state index contributed by atoms with van der Waals surface area (Å²) in [5, 5.41) is 1.11. The molecule has 0 aliphatic heterocycles. The van der Waals surface area contributed by atoms with Crippen LogP contribution in [-0.2, 0) is 4.79 Å². The van der Waals surface area contributed by atoms with E-state index >= 15 is 0 Å². The number of fused-ring (bicyclic) bond motifs is 1. The number of benzene rings is 1. The van der Waals surface area contributed by atoms with E-state index in [0.29, 0.717) is 6.42 Å². The van der Waals surface area contributed by atoms with Gasteiger partial charge in [-0.05, 0) is 12.1 Å². The van der Waals surface area contributed by atoms with Gasteiger partial charge >= 0.3 is 0 Å². The van der Waals surface area contributed by atoms with Crippen LogP contribution in [0.4, 0.5) is 0 Å². The lowest BCUT2D eigenvalue weighted by molar-refractivity contribution is -0.118. The summed E-state index contributed by atoms with van der Waals surface area (Å²) in [4.78, 5) is 15.4. The first kappa shape index (κ1) is 10.6. The minimum absolute atomic E-state index is 0.0714. The lowest BCUT2D eigenvalue weighted by atomic mass is 10.0. The number of hydrogen-bond acceptors (Lipinski definition) is 2. The van der Waals surface area contributed by atoms with Gasteiger partial charge in [0.15, 0.2) is 0 Å². The molecule has 16 heavy (non-hydrogen) atoms. The largest absolute Gasteiger partial charge is 0.370 e. The minimum atomic E-state index is -0.289. The second kappa shape index (κ2) is 4.31. The van der Waals surface area contributed by atoms with Crippen LogP contribution in [0.2, 0.25) is 0 Å². The van der Waals surface area contributed by atoms with E-state index in [0.717, 1.165) is 16.6 Å². The van der Waals surface area contributed by atoms with Crippen molar-refractivity contribution < 1.29 is 4.79 Å². The number of primary amides is 1. The zero-order chi connectivity index (χ0) is 11.5. The fourth-order valence-corrected chi connectivity index (χ4v) is 1.76. The van der Waals surface area contributed by atoms with Gasteiger partial charge in [0, 0.05) is 23.4 Å². The summed E-state index contributed by atoms with van der Waals surface area (Å²) in [5.41, 5.74) is 7.05. The summed E-state index contributed by atoms with van der Waals surface area (Å²) in [6, 6.07) is 11.9. The fraction of sp³-hybridized carbons (Fsp3) is 0.231. The first-order valence-electron chi connectivity index (χ1n) is 5.31. The Morgan fingerprint density at radius 3 is 2.81 bits per heavy atom. The summed E-state index contributed by atoms with van der Waals surface area (Å²) in [7, 11) is 0. The molecule has 1 aromatic carbocycles. The number of pyridine rings is 1. The monoisotopic (exact) mass is 214 g/mol. The number of nitrogens with zero attached hydrogens (tertiary/aromatic N) is 1. The molecule has 1 amide bonds. The van der Waals surface area contributed by atoms with Crippen molar-refractivity contribution in [2.75, 3.05) is 0 Å². The van der Waals surface area contributed by atoms with Gasteiger partial charge in [0.2, 0.25) is 5.91 Å². The van der Waals surface area contributed by atoms with Gasteiger partial charge in [-0.25, -0.2) is 0 Å². The summed E-state index contributed by atoms with van der Waals surface area (Å²) in [6.45, 7) is 1.96. The molecule has 3 nitrogen and oxygen atoms in total. The minimum Gasteiger partial charge on any atom is -0.370 e. The van der Waals surface area contributed by atoms with Crippen molar-refractivity contribution in [3.05, 3.63) is 42.1 Å². The Hall–Kier alpha value is -1.90. The smallest absolute Gasteiger partial charge is 0.218 e. The lowest BCUT2D eigenvalue weighted by Crippen LogP contribution is -2.14. The molecule has 1 unspecified atom stereocenters. The first-order valence-corrected chi connectivity index (χ1v) is 5.31. The van der Waals surface area contributed by atoms with E-state index in [1.165, 1.54) is 0 Å². The van der Waals surface area contributed by atoms with E-state index in [1.807, 2.05) is 43.3 Å². The van der Waals surface area contributed by atoms with Crippen LogP contribution in [0.25, 0.3) is 10.9 Å². The third-order valence-corrected chi connectivity index (χ3v) is 2.63. The summed E-state index contributed by atoms with van der Waals surface area (Å²) in [5.74, 6) is -0.218. The van der Waals surface area contributed by atoms with Gasteiger partial charge in [0.1, 0.15) is 0 Å². The topological polar surface area (TPSA) is 56.0 Å². The van der Waals surface area contributed by atoms with Crippen molar-refractivity contribution in [2.24, 2.45) is 5.73 Å². The van der Waals surface area contributed by atoms with Gasteiger partial charge in [-0.1, -0.05) is 31.2 Å². The van der Waals surface area contributed by atoms with Crippen molar-refractivity contribution in [3.8, 4) is 0 Å². The van der Waals surface area contributed by atoms with Crippen molar-refractivity contribution in [1.29, 1.82) is 0 Å². The second-order valence-electron chi connectivity index (χ2n) is 4.00.